The summed E-state index contributed by atoms with van der Waals surface area (Å²) in [7, 11) is 0. The third kappa shape index (κ3) is 3.47. The Morgan fingerprint density at radius 1 is 1.14 bits per heavy atom. The van der Waals surface area contributed by atoms with Crippen LogP contribution in [0.3, 0.4) is 0 Å². The number of anilines is 1. The van der Waals surface area contributed by atoms with Crippen LogP contribution in [0.2, 0.25) is 0 Å². The zero-order chi connectivity index (χ0) is 14.7. The average Bonchev–Trinajstić information content (AvgIpc) is 2.81. The van der Waals surface area contributed by atoms with Crippen LogP contribution < -0.4 is 4.90 Å². The van der Waals surface area contributed by atoms with Crippen LogP contribution in [0.25, 0.3) is 0 Å². The molecule has 1 aromatic heterocycles. The van der Waals surface area contributed by atoms with Gasteiger partial charge in [-0.15, -0.1) is 11.3 Å². The normalized spacial score (nSPS) is 20.5. The van der Waals surface area contributed by atoms with Crippen molar-refractivity contribution >= 4 is 22.5 Å². The molecule has 0 aliphatic carbocycles. The molecular formula is C14H22N4O2S. The van der Waals surface area contributed by atoms with E-state index in [-0.39, 0.29) is 6.03 Å². The minimum Gasteiger partial charge on any atom is -0.378 e. The third-order valence-electron chi connectivity index (χ3n) is 3.93. The molecule has 3 heterocycles. The number of carbonyl (C=O) groups excluding carboxylic acids is 1. The molecule has 2 saturated heterocycles. The number of nitrogens with zero attached hydrogens (tertiary/aromatic N) is 4. The van der Waals surface area contributed by atoms with E-state index in [1.165, 1.54) is 4.88 Å². The second-order valence-electron chi connectivity index (χ2n) is 5.46. The van der Waals surface area contributed by atoms with Crippen LogP contribution in [0.15, 0.2) is 6.20 Å². The van der Waals surface area contributed by atoms with Gasteiger partial charge in [0.1, 0.15) is 0 Å². The summed E-state index contributed by atoms with van der Waals surface area (Å²) in [6, 6.07) is 0.162. The predicted molar refractivity (Wildman–Crippen MR) is 83.0 cm³/mol. The molecule has 0 saturated carbocycles. The molecule has 0 atom stereocenters. The lowest BCUT2D eigenvalue weighted by Gasteiger charge is -2.32. The Labute approximate surface area is 129 Å². The first-order valence-corrected chi connectivity index (χ1v) is 8.34. The SMILES string of the molecule is Cc1cnc(N2CCCN(C(=O)N3CCOCC3)CC2)s1. The number of aromatic nitrogens is 1. The van der Waals surface area contributed by atoms with Gasteiger partial charge in [0.15, 0.2) is 5.13 Å². The van der Waals surface area contributed by atoms with Gasteiger partial charge in [0.05, 0.1) is 13.2 Å². The minimum absolute atomic E-state index is 0.162. The molecule has 6 nitrogen and oxygen atoms in total. The van der Waals surface area contributed by atoms with Crippen molar-refractivity contribution in [2.24, 2.45) is 0 Å². The summed E-state index contributed by atoms with van der Waals surface area (Å²) in [5, 5.41) is 1.08. The lowest BCUT2D eigenvalue weighted by molar-refractivity contribution is 0.0438. The van der Waals surface area contributed by atoms with Crippen molar-refractivity contribution in [1.82, 2.24) is 14.8 Å². The van der Waals surface area contributed by atoms with Crippen LogP contribution in [-0.4, -0.2) is 73.3 Å². The first-order valence-electron chi connectivity index (χ1n) is 7.53. The number of thiazole rings is 1. The van der Waals surface area contributed by atoms with Crippen molar-refractivity contribution in [1.29, 1.82) is 0 Å². The summed E-state index contributed by atoms with van der Waals surface area (Å²) in [6.07, 6.45) is 2.91. The Balaban J connectivity index is 1.58. The summed E-state index contributed by atoms with van der Waals surface area (Å²) in [4.78, 5) is 24.4. The molecule has 0 N–H and O–H groups in total. The van der Waals surface area contributed by atoms with Gasteiger partial charge in [-0.25, -0.2) is 9.78 Å². The highest BCUT2D eigenvalue weighted by atomic mass is 32.1. The minimum atomic E-state index is 0.162. The van der Waals surface area contributed by atoms with Gasteiger partial charge in [0.25, 0.3) is 0 Å². The Kier molecular flexibility index (Phi) is 4.60. The quantitative estimate of drug-likeness (QED) is 0.787. The van der Waals surface area contributed by atoms with Crippen molar-refractivity contribution in [2.75, 3.05) is 57.4 Å². The second kappa shape index (κ2) is 6.62. The highest BCUT2D eigenvalue weighted by Crippen LogP contribution is 2.23. The first kappa shape index (κ1) is 14.6. The standard InChI is InChI=1S/C14H22N4O2S/c1-12-11-15-13(21-12)16-3-2-4-17(6-5-16)14(19)18-7-9-20-10-8-18/h11H,2-10H2,1H3. The van der Waals surface area contributed by atoms with E-state index in [9.17, 15) is 4.79 Å². The maximum Gasteiger partial charge on any atom is 0.320 e. The molecule has 2 fully saturated rings. The lowest BCUT2D eigenvalue weighted by atomic mass is 10.4. The van der Waals surface area contributed by atoms with E-state index in [1.54, 1.807) is 11.3 Å². The molecule has 2 aliphatic rings. The topological polar surface area (TPSA) is 48.9 Å². The number of ether oxygens (including phenoxy) is 1. The molecular weight excluding hydrogens is 288 g/mol. The lowest BCUT2D eigenvalue weighted by Crippen LogP contribution is -2.49. The number of rotatable bonds is 1. The van der Waals surface area contributed by atoms with E-state index in [0.29, 0.717) is 26.3 Å². The highest BCUT2D eigenvalue weighted by molar-refractivity contribution is 7.15. The Morgan fingerprint density at radius 3 is 2.62 bits per heavy atom. The number of amides is 2. The van der Waals surface area contributed by atoms with Gasteiger partial charge in [-0.2, -0.15) is 0 Å². The molecule has 0 aromatic carbocycles. The number of urea groups is 1. The molecule has 7 heteroatoms. The van der Waals surface area contributed by atoms with E-state index in [4.69, 9.17) is 4.74 Å². The maximum absolute atomic E-state index is 12.5. The van der Waals surface area contributed by atoms with Crippen LogP contribution in [0.5, 0.6) is 0 Å². The Morgan fingerprint density at radius 2 is 1.90 bits per heavy atom. The van der Waals surface area contributed by atoms with E-state index >= 15 is 0 Å². The smallest absolute Gasteiger partial charge is 0.320 e. The van der Waals surface area contributed by atoms with Crippen molar-refractivity contribution in [3.05, 3.63) is 11.1 Å². The molecule has 0 bridgehead atoms. The van der Waals surface area contributed by atoms with Crippen molar-refractivity contribution in [3.8, 4) is 0 Å². The zero-order valence-corrected chi connectivity index (χ0v) is 13.3. The van der Waals surface area contributed by atoms with E-state index in [0.717, 1.165) is 37.7 Å². The second-order valence-corrected chi connectivity index (χ2v) is 6.68. The number of hydrogen-bond donors (Lipinski definition) is 0. The number of aryl methyl sites for hydroxylation is 1. The van der Waals surface area contributed by atoms with Gasteiger partial charge in [-0.3, -0.25) is 0 Å². The summed E-state index contributed by atoms with van der Waals surface area (Å²) >= 11 is 1.73. The summed E-state index contributed by atoms with van der Waals surface area (Å²) < 4.78 is 5.31. The van der Waals surface area contributed by atoms with Gasteiger partial charge >= 0.3 is 6.03 Å². The molecule has 2 aliphatic heterocycles. The Hall–Kier alpha value is -1.34. The van der Waals surface area contributed by atoms with Gasteiger partial charge in [0.2, 0.25) is 0 Å². The maximum atomic E-state index is 12.5. The molecule has 0 radical (unpaired) electrons. The van der Waals surface area contributed by atoms with Crippen LogP contribution in [0, 0.1) is 6.92 Å². The van der Waals surface area contributed by atoms with Gasteiger partial charge in [0, 0.05) is 50.3 Å². The van der Waals surface area contributed by atoms with Crippen LogP contribution in [0.4, 0.5) is 9.93 Å². The number of hydrogen-bond acceptors (Lipinski definition) is 5. The third-order valence-corrected chi connectivity index (χ3v) is 4.90. The van der Waals surface area contributed by atoms with Crippen LogP contribution in [-0.2, 0) is 4.74 Å². The zero-order valence-electron chi connectivity index (χ0n) is 12.5. The van der Waals surface area contributed by atoms with Crippen LogP contribution in [0.1, 0.15) is 11.3 Å². The molecule has 3 rings (SSSR count). The predicted octanol–water partition coefficient (Wildman–Crippen LogP) is 1.42. The van der Waals surface area contributed by atoms with Crippen molar-refractivity contribution in [2.45, 2.75) is 13.3 Å². The summed E-state index contributed by atoms with van der Waals surface area (Å²) in [5.74, 6) is 0. The van der Waals surface area contributed by atoms with Crippen molar-refractivity contribution in [3.63, 3.8) is 0 Å². The van der Waals surface area contributed by atoms with E-state index in [2.05, 4.69) is 16.8 Å². The van der Waals surface area contributed by atoms with E-state index in [1.807, 2.05) is 16.0 Å². The fourth-order valence-electron chi connectivity index (χ4n) is 2.74. The molecule has 1 aromatic rings. The molecule has 2 amide bonds. The largest absolute Gasteiger partial charge is 0.378 e. The van der Waals surface area contributed by atoms with Crippen LogP contribution >= 0.6 is 11.3 Å². The fraction of sp³-hybridized carbons (Fsp3) is 0.714. The monoisotopic (exact) mass is 310 g/mol. The summed E-state index contributed by atoms with van der Waals surface area (Å²) in [6.45, 7) is 8.26. The summed E-state index contributed by atoms with van der Waals surface area (Å²) in [5.41, 5.74) is 0. The van der Waals surface area contributed by atoms with Gasteiger partial charge < -0.3 is 19.4 Å². The molecule has 0 spiro atoms. The van der Waals surface area contributed by atoms with Crippen molar-refractivity contribution < 1.29 is 9.53 Å². The van der Waals surface area contributed by atoms with Gasteiger partial charge in [-0.05, 0) is 13.3 Å². The number of carbonyl (C=O) groups is 1. The van der Waals surface area contributed by atoms with Gasteiger partial charge in [-0.1, -0.05) is 0 Å². The fourth-order valence-corrected chi connectivity index (χ4v) is 3.55. The first-order chi connectivity index (χ1) is 10.2. The van der Waals surface area contributed by atoms with E-state index < -0.39 is 0 Å². The molecule has 21 heavy (non-hydrogen) atoms. The highest BCUT2D eigenvalue weighted by Gasteiger charge is 2.25. The Bertz CT molecular complexity index is 487. The molecule has 0 unspecified atom stereocenters. The molecule has 116 valence electrons. The number of morpholine rings is 1. The average molecular weight is 310 g/mol.